The van der Waals surface area contributed by atoms with Crippen molar-refractivity contribution in [1.29, 1.82) is 0 Å². The Balaban J connectivity index is 2.07. The highest BCUT2D eigenvalue weighted by molar-refractivity contribution is 5.27. The fraction of sp³-hybridized carbons (Fsp3) is 0.400. The third-order valence-electron chi connectivity index (χ3n) is 3.03. The lowest BCUT2D eigenvalue weighted by atomic mass is 10.0. The second-order valence-corrected chi connectivity index (χ2v) is 4.59. The second-order valence-electron chi connectivity index (χ2n) is 4.59. The van der Waals surface area contributed by atoms with E-state index in [0.29, 0.717) is 0 Å². The third-order valence-corrected chi connectivity index (χ3v) is 3.03. The number of rotatable bonds is 6. The molecule has 0 aliphatic rings. The van der Waals surface area contributed by atoms with Gasteiger partial charge in [0.15, 0.2) is 0 Å². The topological polar surface area (TPSA) is 29.9 Å². The number of aromatic nitrogens is 2. The molecule has 0 fully saturated rings. The number of nitrogens with zero attached hydrogens (tertiary/aromatic N) is 2. The van der Waals surface area contributed by atoms with Gasteiger partial charge < -0.3 is 5.32 Å². The summed E-state index contributed by atoms with van der Waals surface area (Å²) in [5.74, 6) is 0. The Morgan fingerprint density at radius 1 is 1.22 bits per heavy atom. The highest BCUT2D eigenvalue weighted by atomic mass is 15.3. The Hall–Kier alpha value is -1.61. The van der Waals surface area contributed by atoms with Crippen LogP contribution in [0.2, 0.25) is 0 Å². The van der Waals surface area contributed by atoms with E-state index in [2.05, 4.69) is 54.7 Å². The van der Waals surface area contributed by atoms with E-state index in [0.717, 1.165) is 26.1 Å². The lowest BCUT2D eigenvalue weighted by Gasteiger charge is -2.10. The molecule has 1 heterocycles. The summed E-state index contributed by atoms with van der Waals surface area (Å²) in [5, 5.41) is 7.72. The lowest BCUT2D eigenvalue weighted by molar-refractivity contribution is 0.670. The summed E-state index contributed by atoms with van der Waals surface area (Å²) in [6, 6.07) is 8.61. The van der Waals surface area contributed by atoms with Gasteiger partial charge in [-0.1, -0.05) is 31.2 Å². The van der Waals surface area contributed by atoms with Crippen molar-refractivity contribution in [2.75, 3.05) is 13.1 Å². The molecule has 1 aromatic heterocycles. The van der Waals surface area contributed by atoms with Crippen LogP contribution < -0.4 is 5.32 Å². The SMILES string of the molecule is CCNCCc1ccccc1Cn1cc(C)cn1. The smallest absolute Gasteiger partial charge is 0.0662 e. The molecule has 2 aromatic rings. The van der Waals surface area contributed by atoms with Crippen LogP contribution >= 0.6 is 0 Å². The maximum atomic E-state index is 4.35. The number of nitrogens with one attached hydrogen (secondary N) is 1. The minimum Gasteiger partial charge on any atom is -0.317 e. The van der Waals surface area contributed by atoms with E-state index in [1.165, 1.54) is 16.7 Å². The first-order chi connectivity index (χ1) is 8.79. The molecule has 0 saturated carbocycles. The van der Waals surface area contributed by atoms with E-state index in [-0.39, 0.29) is 0 Å². The van der Waals surface area contributed by atoms with Crippen molar-refractivity contribution in [3.8, 4) is 0 Å². The zero-order valence-electron chi connectivity index (χ0n) is 11.2. The molecule has 0 unspecified atom stereocenters. The highest BCUT2D eigenvalue weighted by Gasteiger charge is 2.03. The maximum Gasteiger partial charge on any atom is 0.0662 e. The third kappa shape index (κ3) is 3.44. The molecule has 1 N–H and O–H groups in total. The predicted molar refractivity (Wildman–Crippen MR) is 74.8 cm³/mol. The van der Waals surface area contributed by atoms with E-state index in [4.69, 9.17) is 0 Å². The zero-order valence-corrected chi connectivity index (χ0v) is 11.2. The molecule has 0 bridgehead atoms. The maximum absolute atomic E-state index is 4.35. The van der Waals surface area contributed by atoms with E-state index in [1.54, 1.807) is 0 Å². The van der Waals surface area contributed by atoms with Crippen LogP contribution in [0.4, 0.5) is 0 Å². The van der Waals surface area contributed by atoms with E-state index < -0.39 is 0 Å². The number of aryl methyl sites for hydroxylation is 1. The van der Waals surface area contributed by atoms with Gasteiger partial charge in [-0.15, -0.1) is 0 Å². The van der Waals surface area contributed by atoms with E-state index in [9.17, 15) is 0 Å². The van der Waals surface area contributed by atoms with Gasteiger partial charge in [-0.2, -0.15) is 5.10 Å². The van der Waals surface area contributed by atoms with Crippen molar-refractivity contribution in [2.45, 2.75) is 26.8 Å². The predicted octanol–water partition coefficient (Wildman–Crippen LogP) is 2.39. The van der Waals surface area contributed by atoms with Gasteiger partial charge >= 0.3 is 0 Å². The fourth-order valence-electron chi connectivity index (χ4n) is 2.08. The highest BCUT2D eigenvalue weighted by Crippen LogP contribution is 2.11. The summed E-state index contributed by atoms with van der Waals surface area (Å²) < 4.78 is 2.00. The summed E-state index contributed by atoms with van der Waals surface area (Å²) in [4.78, 5) is 0. The minimum atomic E-state index is 0.857. The van der Waals surface area contributed by atoms with Gasteiger partial charge in [0.1, 0.15) is 0 Å². The molecule has 3 heteroatoms. The van der Waals surface area contributed by atoms with Crippen molar-refractivity contribution in [3.63, 3.8) is 0 Å². The van der Waals surface area contributed by atoms with Gasteiger partial charge in [0.05, 0.1) is 12.7 Å². The lowest BCUT2D eigenvalue weighted by Crippen LogP contribution is -2.17. The molecule has 0 aliphatic carbocycles. The van der Waals surface area contributed by atoms with Gasteiger partial charge in [-0.25, -0.2) is 0 Å². The van der Waals surface area contributed by atoms with Crippen LogP contribution in [0, 0.1) is 6.92 Å². The van der Waals surface area contributed by atoms with Crippen LogP contribution in [0.15, 0.2) is 36.7 Å². The molecular formula is C15H21N3. The number of benzene rings is 1. The largest absolute Gasteiger partial charge is 0.317 e. The average molecular weight is 243 g/mol. The Bertz CT molecular complexity index is 488. The summed E-state index contributed by atoms with van der Waals surface area (Å²) in [7, 11) is 0. The van der Waals surface area contributed by atoms with Crippen LogP contribution in [0.25, 0.3) is 0 Å². The number of hydrogen-bond acceptors (Lipinski definition) is 2. The quantitative estimate of drug-likeness (QED) is 0.790. The molecule has 2 rings (SSSR count). The fourth-order valence-corrected chi connectivity index (χ4v) is 2.08. The van der Waals surface area contributed by atoms with Crippen LogP contribution in [0.3, 0.4) is 0 Å². The van der Waals surface area contributed by atoms with E-state index >= 15 is 0 Å². The minimum absolute atomic E-state index is 0.857. The summed E-state index contributed by atoms with van der Waals surface area (Å²) in [6.07, 6.45) is 5.06. The van der Waals surface area contributed by atoms with Crippen LogP contribution in [0.1, 0.15) is 23.6 Å². The van der Waals surface area contributed by atoms with Gasteiger partial charge in [0, 0.05) is 6.20 Å². The van der Waals surface area contributed by atoms with Crippen molar-refractivity contribution in [2.24, 2.45) is 0 Å². The van der Waals surface area contributed by atoms with Gasteiger partial charge in [0.2, 0.25) is 0 Å². The molecular weight excluding hydrogens is 222 g/mol. The average Bonchev–Trinajstić information content (AvgIpc) is 2.77. The molecule has 3 nitrogen and oxygen atoms in total. The monoisotopic (exact) mass is 243 g/mol. The van der Waals surface area contributed by atoms with Crippen molar-refractivity contribution in [3.05, 3.63) is 53.3 Å². The summed E-state index contributed by atoms with van der Waals surface area (Å²) in [5.41, 5.74) is 3.98. The first-order valence-corrected chi connectivity index (χ1v) is 6.56. The number of hydrogen-bond donors (Lipinski definition) is 1. The first-order valence-electron chi connectivity index (χ1n) is 6.56. The molecule has 96 valence electrons. The van der Waals surface area contributed by atoms with Crippen molar-refractivity contribution < 1.29 is 0 Å². The molecule has 0 saturated heterocycles. The molecule has 18 heavy (non-hydrogen) atoms. The van der Waals surface area contributed by atoms with Gasteiger partial charge in [0.25, 0.3) is 0 Å². The molecule has 0 spiro atoms. The normalized spacial score (nSPS) is 10.8. The van der Waals surface area contributed by atoms with Crippen LogP contribution in [-0.2, 0) is 13.0 Å². The second kappa shape index (κ2) is 6.36. The first kappa shape index (κ1) is 12.8. The zero-order chi connectivity index (χ0) is 12.8. The molecule has 0 atom stereocenters. The molecule has 0 radical (unpaired) electrons. The molecule has 0 aliphatic heterocycles. The van der Waals surface area contributed by atoms with Crippen LogP contribution in [-0.4, -0.2) is 22.9 Å². The Morgan fingerprint density at radius 3 is 2.67 bits per heavy atom. The summed E-state index contributed by atoms with van der Waals surface area (Å²) >= 11 is 0. The van der Waals surface area contributed by atoms with Crippen molar-refractivity contribution in [1.82, 2.24) is 15.1 Å². The molecule has 0 amide bonds. The van der Waals surface area contributed by atoms with Gasteiger partial charge in [-0.05, 0) is 43.1 Å². The standard InChI is InChI=1S/C15H21N3/c1-3-16-9-8-14-6-4-5-7-15(14)12-18-11-13(2)10-17-18/h4-7,10-11,16H,3,8-9,12H2,1-2H3. The Labute approximate surface area is 109 Å². The van der Waals surface area contributed by atoms with Crippen LogP contribution in [0.5, 0.6) is 0 Å². The van der Waals surface area contributed by atoms with Crippen molar-refractivity contribution >= 4 is 0 Å². The van der Waals surface area contributed by atoms with Gasteiger partial charge in [-0.3, -0.25) is 4.68 Å². The molecule has 1 aromatic carbocycles. The number of likely N-dealkylation sites (N-methyl/N-ethyl adjacent to an activating group) is 1. The van der Waals surface area contributed by atoms with E-state index in [1.807, 2.05) is 10.9 Å². The Morgan fingerprint density at radius 2 is 2.00 bits per heavy atom. The Kier molecular flexibility index (Phi) is 4.53. The summed E-state index contributed by atoms with van der Waals surface area (Å²) in [6.45, 7) is 7.13.